The molecule has 72 valence electrons. The van der Waals surface area contributed by atoms with Gasteiger partial charge < -0.3 is 0 Å². The van der Waals surface area contributed by atoms with Gasteiger partial charge in [0.15, 0.2) is 0 Å². The fourth-order valence-corrected chi connectivity index (χ4v) is 1.43. The lowest BCUT2D eigenvalue weighted by atomic mass is 10.3. The van der Waals surface area contributed by atoms with E-state index in [1.807, 2.05) is 0 Å². The zero-order valence-electron chi connectivity index (χ0n) is 6.52. The molecule has 0 radical (unpaired) electrons. The minimum absolute atomic E-state index is 0.140. The van der Waals surface area contributed by atoms with Crippen LogP contribution in [0.2, 0.25) is 5.15 Å². The maximum absolute atomic E-state index is 12.2. The molecule has 0 fully saturated rings. The number of thioether (sulfide) groups is 1. The summed E-state index contributed by atoms with van der Waals surface area (Å²) in [5.41, 5.74) is -0.767. The molecule has 0 bridgehead atoms. The molecule has 1 nitrogen and oxygen atoms in total. The second-order valence-electron chi connectivity index (χ2n) is 2.22. The third kappa shape index (κ3) is 2.77. The summed E-state index contributed by atoms with van der Waals surface area (Å²) >= 11 is 6.53. The summed E-state index contributed by atoms with van der Waals surface area (Å²) < 4.78 is 36.6. The lowest BCUT2D eigenvalue weighted by Crippen LogP contribution is -2.05. The number of halogens is 4. The van der Waals surface area contributed by atoms with Crippen molar-refractivity contribution in [3.05, 3.63) is 22.8 Å². The first-order valence-electron chi connectivity index (χ1n) is 3.22. The van der Waals surface area contributed by atoms with Crippen LogP contribution in [0.4, 0.5) is 13.2 Å². The average Bonchev–Trinajstić information content (AvgIpc) is 2.01. The summed E-state index contributed by atoms with van der Waals surface area (Å²) in [5, 5.41) is 0.124. The molecule has 13 heavy (non-hydrogen) atoms. The predicted molar refractivity (Wildman–Crippen MR) is 46.0 cm³/mol. The Bertz CT molecular complexity index is 313. The molecule has 0 unspecified atom stereocenters. The second kappa shape index (κ2) is 3.75. The molecule has 0 amide bonds. The molecular weight excluding hydrogens is 223 g/mol. The van der Waals surface area contributed by atoms with Gasteiger partial charge in [-0.3, -0.25) is 0 Å². The molecule has 0 aromatic carbocycles. The Hall–Kier alpha value is -0.420. The van der Waals surface area contributed by atoms with E-state index in [2.05, 4.69) is 4.98 Å². The van der Waals surface area contributed by atoms with Crippen LogP contribution in [0.3, 0.4) is 0 Å². The van der Waals surface area contributed by atoms with Crippen LogP contribution in [0.15, 0.2) is 17.2 Å². The molecule has 0 spiro atoms. The van der Waals surface area contributed by atoms with Gasteiger partial charge in [-0.2, -0.15) is 13.2 Å². The lowest BCUT2D eigenvalue weighted by molar-refractivity contribution is -0.137. The topological polar surface area (TPSA) is 12.9 Å². The van der Waals surface area contributed by atoms with Crippen molar-refractivity contribution >= 4 is 23.4 Å². The molecule has 1 rings (SSSR count). The van der Waals surface area contributed by atoms with Crippen LogP contribution in [0.1, 0.15) is 5.56 Å². The van der Waals surface area contributed by atoms with Crippen LogP contribution in [-0.2, 0) is 6.18 Å². The molecule has 1 aromatic heterocycles. The highest BCUT2D eigenvalue weighted by Crippen LogP contribution is 2.32. The maximum Gasteiger partial charge on any atom is 0.416 e. The fraction of sp³-hybridized carbons (Fsp3) is 0.286. The standard InChI is InChI=1S/C7H5ClF3NS/c1-13-6-3-4(7(9,10)11)2-5(8)12-6/h2-3H,1H3. The molecule has 0 atom stereocenters. The minimum atomic E-state index is -4.36. The highest BCUT2D eigenvalue weighted by Gasteiger charge is 2.31. The quantitative estimate of drug-likeness (QED) is 0.538. The van der Waals surface area contributed by atoms with Crippen molar-refractivity contribution in [3.8, 4) is 0 Å². The average molecular weight is 228 g/mol. The molecule has 0 aliphatic carbocycles. The van der Waals surface area contributed by atoms with Crippen molar-refractivity contribution in [2.45, 2.75) is 11.2 Å². The van der Waals surface area contributed by atoms with E-state index in [0.29, 0.717) is 0 Å². The molecule has 0 N–H and O–H groups in total. The van der Waals surface area contributed by atoms with E-state index in [1.165, 1.54) is 0 Å². The van der Waals surface area contributed by atoms with Crippen molar-refractivity contribution < 1.29 is 13.2 Å². The first-order valence-corrected chi connectivity index (χ1v) is 4.82. The molecule has 0 aliphatic rings. The van der Waals surface area contributed by atoms with E-state index >= 15 is 0 Å². The van der Waals surface area contributed by atoms with Crippen LogP contribution in [0, 0.1) is 0 Å². The Morgan fingerprint density at radius 1 is 1.38 bits per heavy atom. The van der Waals surface area contributed by atoms with Crippen molar-refractivity contribution in [1.29, 1.82) is 0 Å². The Kier molecular flexibility index (Phi) is 3.08. The van der Waals surface area contributed by atoms with Crippen LogP contribution < -0.4 is 0 Å². The summed E-state index contributed by atoms with van der Waals surface area (Å²) in [4.78, 5) is 3.69. The number of aromatic nitrogens is 1. The molecule has 1 aromatic rings. The highest BCUT2D eigenvalue weighted by atomic mass is 35.5. The van der Waals surface area contributed by atoms with Gasteiger partial charge in [-0.25, -0.2) is 4.98 Å². The van der Waals surface area contributed by atoms with Gasteiger partial charge in [0.2, 0.25) is 0 Å². The van der Waals surface area contributed by atoms with Crippen LogP contribution in [-0.4, -0.2) is 11.2 Å². The summed E-state index contributed by atoms with van der Waals surface area (Å²) in [7, 11) is 0. The molecule has 0 saturated heterocycles. The maximum atomic E-state index is 12.2. The third-order valence-electron chi connectivity index (χ3n) is 1.31. The molecular formula is C7H5ClF3NS. The predicted octanol–water partition coefficient (Wildman–Crippen LogP) is 3.48. The second-order valence-corrected chi connectivity index (χ2v) is 3.43. The first kappa shape index (κ1) is 10.7. The zero-order chi connectivity index (χ0) is 10.1. The first-order chi connectivity index (χ1) is 5.93. The molecule has 0 saturated carbocycles. The largest absolute Gasteiger partial charge is 0.416 e. The Balaban J connectivity index is 3.16. The third-order valence-corrected chi connectivity index (χ3v) is 2.13. The van der Waals surface area contributed by atoms with Gasteiger partial charge in [0.25, 0.3) is 0 Å². The van der Waals surface area contributed by atoms with E-state index in [0.717, 1.165) is 23.9 Å². The van der Waals surface area contributed by atoms with Gasteiger partial charge in [0, 0.05) is 0 Å². The minimum Gasteiger partial charge on any atom is -0.230 e. The number of alkyl halides is 3. The summed E-state index contributed by atoms with van der Waals surface area (Å²) in [6.45, 7) is 0. The summed E-state index contributed by atoms with van der Waals surface area (Å²) in [6, 6.07) is 1.78. The fourth-order valence-electron chi connectivity index (χ4n) is 0.741. The van der Waals surface area contributed by atoms with Crippen molar-refractivity contribution in [2.24, 2.45) is 0 Å². The summed E-state index contributed by atoms with van der Waals surface area (Å²) in [6.07, 6.45) is -2.73. The Labute approximate surface area is 82.3 Å². The Morgan fingerprint density at radius 3 is 2.46 bits per heavy atom. The smallest absolute Gasteiger partial charge is 0.230 e. The van der Waals surface area contributed by atoms with E-state index in [4.69, 9.17) is 11.6 Å². The van der Waals surface area contributed by atoms with E-state index < -0.39 is 11.7 Å². The zero-order valence-corrected chi connectivity index (χ0v) is 8.09. The van der Waals surface area contributed by atoms with E-state index in [9.17, 15) is 13.2 Å². The van der Waals surface area contributed by atoms with E-state index in [-0.39, 0.29) is 10.2 Å². The van der Waals surface area contributed by atoms with Gasteiger partial charge in [-0.05, 0) is 18.4 Å². The van der Waals surface area contributed by atoms with Crippen LogP contribution in [0.25, 0.3) is 0 Å². The van der Waals surface area contributed by atoms with Crippen molar-refractivity contribution in [2.75, 3.05) is 6.26 Å². The van der Waals surface area contributed by atoms with Gasteiger partial charge in [-0.15, -0.1) is 11.8 Å². The van der Waals surface area contributed by atoms with Gasteiger partial charge in [-0.1, -0.05) is 11.6 Å². The SMILES string of the molecule is CSc1cc(C(F)(F)F)cc(Cl)n1. The van der Waals surface area contributed by atoms with Crippen LogP contribution in [0.5, 0.6) is 0 Å². The van der Waals surface area contributed by atoms with E-state index in [1.54, 1.807) is 6.26 Å². The molecule has 1 heterocycles. The Morgan fingerprint density at radius 2 is 2.00 bits per heavy atom. The number of hydrogen-bond donors (Lipinski definition) is 0. The van der Waals surface area contributed by atoms with Crippen molar-refractivity contribution in [3.63, 3.8) is 0 Å². The lowest BCUT2D eigenvalue weighted by Gasteiger charge is -2.07. The van der Waals surface area contributed by atoms with Crippen LogP contribution >= 0.6 is 23.4 Å². The summed E-state index contributed by atoms with van der Waals surface area (Å²) in [5.74, 6) is 0. The van der Waals surface area contributed by atoms with Gasteiger partial charge >= 0.3 is 6.18 Å². The highest BCUT2D eigenvalue weighted by molar-refractivity contribution is 7.98. The number of rotatable bonds is 1. The van der Waals surface area contributed by atoms with Gasteiger partial charge in [0.1, 0.15) is 5.15 Å². The number of pyridine rings is 1. The normalized spacial score (nSPS) is 11.8. The monoisotopic (exact) mass is 227 g/mol. The number of hydrogen-bond acceptors (Lipinski definition) is 2. The number of nitrogens with zero attached hydrogens (tertiary/aromatic N) is 1. The molecule has 6 heteroatoms. The van der Waals surface area contributed by atoms with Crippen molar-refractivity contribution in [1.82, 2.24) is 4.98 Å². The molecule has 0 aliphatic heterocycles. The van der Waals surface area contributed by atoms with Gasteiger partial charge in [0.05, 0.1) is 10.6 Å².